The van der Waals surface area contributed by atoms with Gasteiger partial charge in [0.1, 0.15) is 17.3 Å². The van der Waals surface area contributed by atoms with Crippen LogP contribution in [0, 0.1) is 5.82 Å². The molecule has 0 fully saturated rings. The lowest BCUT2D eigenvalue weighted by molar-refractivity contribution is 0.476. The first-order chi connectivity index (χ1) is 8.29. The number of nitrogens with two attached hydrogens (primary N) is 1. The van der Waals surface area contributed by atoms with Crippen molar-refractivity contribution >= 4 is 6.21 Å². The third kappa shape index (κ3) is 2.81. The number of halogens is 1. The van der Waals surface area contributed by atoms with Crippen LogP contribution in [0.2, 0.25) is 0 Å². The van der Waals surface area contributed by atoms with Crippen LogP contribution in [0.15, 0.2) is 53.6 Å². The van der Waals surface area contributed by atoms with Crippen molar-refractivity contribution in [1.82, 2.24) is 0 Å². The van der Waals surface area contributed by atoms with E-state index in [2.05, 4.69) is 5.10 Å². The highest BCUT2D eigenvalue weighted by Gasteiger charge is 2.04. The molecule has 0 heterocycles. The fourth-order valence-electron chi connectivity index (χ4n) is 1.40. The Labute approximate surface area is 98.3 Å². The second-order valence-electron chi connectivity index (χ2n) is 3.38. The van der Waals surface area contributed by atoms with E-state index in [0.717, 1.165) is 0 Å². The van der Waals surface area contributed by atoms with E-state index in [1.165, 1.54) is 18.3 Å². The van der Waals surface area contributed by atoms with Crippen molar-refractivity contribution in [2.45, 2.75) is 0 Å². The van der Waals surface area contributed by atoms with Crippen LogP contribution in [0.4, 0.5) is 4.39 Å². The number of hydrogen-bond donors (Lipinski definition) is 1. The topological polar surface area (TPSA) is 47.6 Å². The second kappa shape index (κ2) is 5.12. The first-order valence-corrected chi connectivity index (χ1v) is 5.05. The van der Waals surface area contributed by atoms with Gasteiger partial charge in [0.2, 0.25) is 0 Å². The molecule has 0 bridgehead atoms. The van der Waals surface area contributed by atoms with E-state index in [1.807, 2.05) is 18.2 Å². The van der Waals surface area contributed by atoms with Gasteiger partial charge in [-0.2, -0.15) is 5.10 Å². The zero-order valence-corrected chi connectivity index (χ0v) is 9.01. The van der Waals surface area contributed by atoms with Crippen molar-refractivity contribution in [3.8, 4) is 11.5 Å². The summed E-state index contributed by atoms with van der Waals surface area (Å²) in [6.07, 6.45) is 1.41. The van der Waals surface area contributed by atoms with Crippen LogP contribution in [0.25, 0.3) is 0 Å². The van der Waals surface area contributed by atoms with Crippen molar-refractivity contribution < 1.29 is 9.13 Å². The number of rotatable bonds is 3. The molecule has 0 amide bonds. The molecule has 0 radical (unpaired) electrons. The van der Waals surface area contributed by atoms with Crippen LogP contribution in [0.1, 0.15) is 5.56 Å². The lowest BCUT2D eigenvalue weighted by Gasteiger charge is -2.08. The Bertz CT molecular complexity index is 526. The maximum absolute atomic E-state index is 13.1. The lowest BCUT2D eigenvalue weighted by atomic mass is 10.2. The fraction of sp³-hybridized carbons (Fsp3) is 0. The average molecular weight is 230 g/mol. The molecule has 0 aliphatic heterocycles. The Morgan fingerprint density at radius 2 is 1.88 bits per heavy atom. The summed E-state index contributed by atoms with van der Waals surface area (Å²) < 4.78 is 18.7. The highest BCUT2D eigenvalue weighted by Crippen LogP contribution is 2.24. The van der Waals surface area contributed by atoms with Crippen LogP contribution in [0.5, 0.6) is 11.5 Å². The van der Waals surface area contributed by atoms with E-state index < -0.39 is 0 Å². The number of ether oxygens (including phenoxy) is 1. The van der Waals surface area contributed by atoms with Crippen LogP contribution < -0.4 is 10.6 Å². The largest absolute Gasteiger partial charge is 0.457 e. The van der Waals surface area contributed by atoms with Gasteiger partial charge in [0.15, 0.2) is 0 Å². The molecule has 2 N–H and O–H groups in total. The minimum absolute atomic E-state index is 0.370. The normalized spacial score (nSPS) is 10.6. The maximum Gasteiger partial charge on any atom is 0.139 e. The van der Waals surface area contributed by atoms with Gasteiger partial charge < -0.3 is 10.6 Å². The van der Waals surface area contributed by atoms with Gasteiger partial charge in [-0.05, 0) is 24.3 Å². The molecule has 2 rings (SSSR count). The summed E-state index contributed by atoms with van der Waals surface area (Å²) in [6, 6.07) is 13.3. The molecule has 0 atom stereocenters. The van der Waals surface area contributed by atoms with Crippen molar-refractivity contribution in [3.63, 3.8) is 0 Å². The zero-order chi connectivity index (χ0) is 12.1. The van der Waals surface area contributed by atoms with Gasteiger partial charge in [-0.15, -0.1) is 0 Å². The van der Waals surface area contributed by atoms with Gasteiger partial charge in [-0.1, -0.05) is 18.2 Å². The van der Waals surface area contributed by atoms with Gasteiger partial charge >= 0.3 is 0 Å². The minimum atomic E-state index is -0.370. The van der Waals surface area contributed by atoms with Gasteiger partial charge in [-0.3, -0.25) is 0 Å². The molecule has 17 heavy (non-hydrogen) atoms. The predicted octanol–water partition coefficient (Wildman–Crippen LogP) is 2.91. The smallest absolute Gasteiger partial charge is 0.139 e. The fourth-order valence-corrected chi connectivity index (χ4v) is 1.40. The van der Waals surface area contributed by atoms with Crippen molar-refractivity contribution in [1.29, 1.82) is 0 Å². The van der Waals surface area contributed by atoms with Crippen LogP contribution >= 0.6 is 0 Å². The van der Waals surface area contributed by atoms with Crippen molar-refractivity contribution in [2.24, 2.45) is 10.9 Å². The summed E-state index contributed by atoms with van der Waals surface area (Å²) in [5.74, 6) is 5.72. The van der Waals surface area contributed by atoms with Gasteiger partial charge in [0.25, 0.3) is 0 Å². The molecule has 0 spiro atoms. The Morgan fingerprint density at radius 1 is 1.12 bits per heavy atom. The average Bonchev–Trinajstić information content (AvgIpc) is 2.34. The summed E-state index contributed by atoms with van der Waals surface area (Å²) >= 11 is 0. The van der Waals surface area contributed by atoms with Gasteiger partial charge in [-0.25, -0.2) is 4.39 Å². The Morgan fingerprint density at radius 3 is 2.59 bits per heavy atom. The Hall–Kier alpha value is -2.36. The number of para-hydroxylation sites is 1. The summed E-state index contributed by atoms with van der Waals surface area (Å²) in [5, 5.41) is 3.41. The van der Waals surface area contributed by atoms with E-state index in [0.29, 0.717) is 17.1 Å². The molecule has 0 unspecified atom stereocenters. The molecular weight excluding hydrogens is 219 g/mol. The quantitative estimate of drug-likeness (QED) is 0.500. The van der Waals surface area contributed by atoms with E-state index in [1.54, 1.807) is 18.2 Å². The third-order valence-corrected chi connectivity index (χ3v) is 2.16. The predicted molar refractivity (Wildman–Crippen MR) is 64.7 cm³/mol. The number of hydrazone groups is 1. The molecular formula is C13H11FN2O. The van der Waals surface area contributed by atoms with Crippen molar-refractivity contribution in [2.75, 3.05) is 0 Å². The third-order valence-electron chi connectivity index (χ3n) is 2.16. The number of nitrogens with zero attached hydrogens (tertiary/aromatic N) is 1. The lowest BCUT2D eigenvalue weighted by Crippen LogP contribution is -1.93. The second-order valence-corrected chi connectivity index (χ2v) is 3.38. The standard InChI is InChI=1S/C13H11FN2O/c14-11-7-6-10(9-16-15)13(8-11)17-12-4-2-1-3-5-12/h1-9H,15H2. The summed E-state index contributed by atoms with van der Waals surface area (Å²) in [5.41, 5.74) is 0.623. The minimum Gasteiger partial charge on any atom is -0.457 e. The van der Waals surface area contributed by atoms with E-state index in [9.17, 15) is 4.39 Å². The number of benzene rings is 2. The summed E-state index contributed by atoms with van der Waals surface area (Å²) in [6.45, 7) is 0. The molecule has 0 aliphatic rings. The van der Waals surface area contributed by atoms with Crippen molar-refractivity contribution in [3.05, 3.63) is 59.9 Å². The van der Waals surface area contributed by atoms with Crippen LogP contribution in [-0.2, 0) is 0 Å². The zero-order valence-electron chi connectivity index (χ0n) is 9.01. The van der Waals surface area contributed by atoms with E-state index >= 15 is 0 Å². The van der Waals surface area contributed by atoms with Gasteiger partial charge in [0.05, 0.1) is 6.21 Å². The summed E-state index contributed by atoms with van der Waals surface area (Å²) in [7, 11) is 0. The molecule has 86 valence electrons. The molecule has 0 aromatic heterocycles. The molecule has 0 saturated heterocycles. The molecule has 0 aliphatic carbocycles. The molecule has 2 aromatic carbocycles. The van der Waals surface area contributed by atoms with E-state index in [-0.39, 0.29) is 5.82 Å². The Kier molecular flexibility index (Phi) is 3.35. The SMILES string of the molecule is NN=Cc1ccc(F)cc1Oc1ccccc1. The highest BCUT2D eigenvalue weighted by molar-refractivity contribution is 5.83. The summed E-state index contributed by atoms with van der Waals surface area (Å²) in [4.78, 5) is 0. The maximum atomic E-state index is 13.1. The number of hydrogen-bond acceptors (Lipinski definition) is 3. The highest BCUT2D eigenvalue weighted by atomic mass is 19.1. The van der Waals surface area contributed by atoms with Gasteiger partial charge in [0, 0.05) is 11.6 Å². The van der Waals surface area contributed by atoms with Crippen LogP contribution in [-0.4, -0.2) is 6.21 Å². The van der Waals surface area contributed by atoms with E-state index in [4.69, 9.17) is 10.6 Å². The first kappa shape index (κ1) is 11.1. The molecule has 3 nitrogen and oxygen atoms in total. The Balaban J connectivity index is 2.34. The van der Waals surface area contributed by atoms with Crippen LogP contribution in [0.3, 0.4) is 0 Å². The molecule has 2 aromatic rings. The molecule has 4 heteroatoms. The first-order valence-electron chi connectivity index (χ1n) is 5.05. The monoisotopic (exact) mass is 230 g/mol. The molecule has 0 saturated carbocycles.